The fourth-order valence-electron chi connectivity index (χ4n) is 2.26. The number of hydrogen-bond donors (Lipinski definition) is 1. The summed E-state index contributed by atoms with van der Waals surface area (Å²) in [6.07, 6.45) is -4.99. The van der Waals surface area contributed by atoms with Crippen molar-refractivity contribution in [3.05, 3.63) is 68.8 Å². The first kappa shape index (κ1) is 20.2. The molecule has 0 aliphatic rings. The Kier molecular flexibility index (Phi) is 5.41. The third-order valence-electron chi connectivity index (χ3n) is 3.50. The number of nitrogens with zero attached hydrogens (tertiary/aromatic N) is 2. The highest BCUT2D eigenvalue weighted by Crippen LogP contribution is 2.38. The molecule has 2 aromatic carbocycles. The summed E-state index contributed by atoms with van der Waals surface area (Å²) in [5.41, 5.74) is -3.04. The van der Waals surface area contributed by atoms with Crippen molar-refractivity contribution in [1.82, 2.24) is 0 Å². The zero-order chi connectivity index (χ0) is 20.4. The third-order valence-corrected chi connectivity index (χ3v) is 4.75. The highest BCUT2D eigenvalue weighted by atomic mass is 32.2. The van der Waals surface area contributed by atoms with Crippen molar-refractivity contribution in [2.24, 2.45) is 0 Å². The third kappa shape index (κ3) is 4.95. The summed E-state index contributed by atoms with van der Waals surface area (Å²) in [5.74, 6) is -0.591. The van der Waals surface area contributed by atoms with Gasteiger partial charge in [-0.15, -0.1) is 0 Å². The van der Waals surface area contributed by atoms with Crippen molar-refractivity contribution in [2.45, 2.75) is 18.9 Å². The van der Waals surface area contributed by atoms with Crippen molar-refractivity contribution in [1.29, 1.82) is 5.26 Å². The van der Waals surface area contributed by atoms with Crippen LogP contribution in [-0.2, 0) is 22.0 Å². The van der Waals surface area contributed by atoms with Crippen molar-refractivity contribution in [3.63, 3.8) is 0 Å². The van der Waals surface area contributed by atoms with Gasteiger partial charge in [0.1, 0.15) is 11.8 Å². The Balaban J connectivity index is 2.48. The molecule has 0 aliphatic carbocycles. The summed E-state index contributed by atoms with van der Waals surface area (Å²) < 4.78 is 65.5. The van der Waals surface area contributed by atoms with Gasteiger partial charge in [-0.2, -0.15) is 18.4 Å². The van der Waals surface area contributed by atoms with E-state index in [4.69, 9.17) is 5.26 Å². The Morgan fingerprint density at radius 3 is 2.30 bits per heavy atom. The Labute approximate surface area is 152 Å². The Bertz CT molecular complexity index is 1030. The van der Waals surface area contributed by atoms with Gasteiger partial charge in [-0.05, 0) is 18.6 Å². The number of nitro benzene ring substituents is 1. The first-order valence-corrected chi connectivity index (χ1v) is 8.94. The first-order valence-electron chi connectivity index (χ1n) is 7.29. The number of anilines is 1. The van der Waals surface area contributed by atoms with E-state index >= 15 is 0 Å². The average Bonchev–Trinajstić information content (AvgIpc) is 2.55. The maximum atomic E-state index is 13.1. The van der Waals surface area contributed by atoms with E-state index in [1.807, 2.05) is 4.72 Å². The molecule has 0 aliphatic heterocycles. The molecule has 0 bridgehead atoms. The SMILES string of the molecule is Cc1ccc(CS(=O)(=O)Nc2cc(C(F)(F)F)c(C#N)cc2[N+](=O)[O-])cc1. The predicted octanol–water partition coefficient (Wildman–Crippen LogP) is 3.74. The standard InChI is InChI=1S/C16H12F3N3O4S/c1-10-2-4-11(5-3-10)9-27(25,26)21-14-7-13(16(17,18)19)12(8-20)6-15(14)22(23)24/h2-7,21H,9H2,1H3. The molecule has 0 atom stereocenters. The van der Waals surface area contributed by atoms with Crippen LogP contribution in [0.15, 0.2) is 36.4 Å². The second-order valence-corrected chi connectivity index (χ2v) is 7.35. The minimum atomic E-state index is -4.99. The van der Waals surface area contributed by atoms with Gasteiger partial charge < -0.3 is 0 Å². The van der Waals surface area contributed by atoms with Gasteiger partial charge in [0.05, 0.1) is 21.8 Å². The fraction of sp³-hybridized carbons (Fsp3) is 0.188. The molecule has 1 N–H and O–H groups in total. The van der Waals surface area contributed by atoms with Crippen LogP contribution in [-0.4, -0.2) is 13.3 Å². The van der Waals surface area contributed by atoms with Crippen LogP contribution in [0, 0.1) is 28.4 Å². The molecule has 0 aromatic heterocycles. The normalized spacial score (nSPS) is 11.7. The van der Waals surface area contributed by atoms with Crippen LogP contribution in [0.2, 0.25) is 0 Å². The van der Waals surface area contributed by atoms with E-state index in [9.17, 15) is 31.7 Å². The van der Waals surface area contributed by atoms with Gasteiger partial charge in [-0.25, -0.2) is 8.42 Å². The Hall–Kier alpha value is -3.13. The van der Waals surface area contributed by atoms with E-state index < -0.39 is 49.4 Å². The van der Waals surface area contributed by atoms with Gasteiger partial charge in [0.15, 0.2) is 0 Å². The summed E-state index contributed by atoms with van der Waals surface area (Å²) in [6.45, 7) is 1.79. The molecule has 142 valence electrons. The molecule has 0 unspecified atom stereocenters. The fourth-order valence-corrected chi connectivity index (χ4v) is 3.46. The van der Waals surface area contributed by atoms with Gasteiger partial charge >= 0.3 is 6.18 Å². The van der Waals surface area contributed by atoms with E-state index in [1.54, 1.807) is 19.1 Å². The van der Waals surface area contributed by atoms with Gasteiger partial charge in [0.25, 0.3) is 5.69 Å². The lowest BCUT2D eigenvalue weighted by Gasteiger charge is -2.13. The van der Waals surface area contributed by atoms with Crippen molar-refractivity contribution >= 4 is 21.4 Å². The lowest BCUT2D eigenvalue weighted by molar-refractivity contribution is -0.383. The number of nitriles is 1. The minimum absolute atomic E-state index is 0.253. The van der Waals surface area contributed by atoms with E-state index in [2.05, 4.69) is 0 Å². The highest BCUT2D eigenvalue weighted by molar-refractivity contribution is 7.91. The number of nitrogens with one attached hydrogen (secondary N) is 1. The Morgan fingerprint density at radius 1 is 1.22 bits per heavy atom. The average molecular weight is 399 g/mol. The van der Waals surface area contributed by atoms with Gasteiger partial charge in [-0.3, -0.25) is 14.8 Å². The van der Waals surface area contributed by atoms with Crippen LogP contribution in [0.3, 0.4) is 0 Å². The number of alkyl halides is 3. The first-order chi connectivity index (χ1) is 12.4. The monoisotopic (exact) mass is 399 g/mol. The molecule has 2 rings (SSSR count). The molecule has 0 spiro atoms. The van der Waals surface area contributed by atoms with Gasteiger partial charge in [-0.1, -0.05) is 29.8 Å². The second kappa shape index (κ2) is 7.24. The molecule has 0 fully saturated rings. The number of benzene rings is 2. The molecule has 0 radical (unpaired) electrons. The summed E-state index contributed by atoms with van der Waals surface area (Å²) >= 11 is 0. The van der Waals surface area contributed by atoms with Gasteiger partial charge in [0, 0.05) is 6.07 Å². The quantitative estimate of drug-likeness (QED) is 0.608. The van der Waals surface area contributed by atoms with E-state index in [1.165, 1.54) is 18.2 Å². The number of halogens is 3. The molecule has 0 saturated heterocycles. The van der Waals surface area contributed by atoms with Crippen LogP contribution < -0.4 is 4.72 Å². The summed E-state index contributed by atoms with van der Waals surface area (Å²) in [6, 6.07) is 8.21. The van der Waals surface area contributed by atoms with Crippen LogP contribution in [0.25, 0.3) is 0 Å². The molecule has 2 aromatic rings. The van der Waals surface area contributed by atoms with Crippen LogP contribution in [0.4, 0.5) is 24.5 Å². The zero-order valence-electron chi connectivity index (χ0n) is 13.7. The topological polar surface area (TPSA) is 113 Å². The van der Waals surface area contributed by atoms with Crippen molar-refractivity contribution in [2.75, 3.05) is 4.72 Å². The second-order valence-electron chi connectivity index (χ2n) is 5.63. The smallest absolute Gasteiger partial charge is 0.277 e. The van der Waals surface area contributed by atoms with Crippen molar-refractivity contribution < 1.29 is 26.5 Å². The minimum Gasteiger partial charge on any atom is -0.277 e. The van der Waals surface area contributed by atoms with Crippen LogP contribution in [0.5, 0.6) is 0 Å². The van der Waals surface area contributed by atoms with E-state index in [0.717, 1.165) is 5.56 Å². The maximum Gasteiger partial charge on any atom is 0.417 e. The van der Waals surface area contributed by atoms with Crippen LogP contribution in [0.1, 0.15) is 22.3 Å². The zero-order valence-corrected chi connectivity index (χ0v) is 14.6. The van der Waals surface area contributed by atoms with Crippen LogP contribution >= 0.6 is 0 Å². The lowest BCUT2D eigenvalue weighted by atomic mass is 10.1. The largest absolute Gasteiger partial charge is 0.417 e. The molecular formula is C16H12F3N3O4S. The number of rotatable bonds is 5. The highest BCUT2D eigenvalue weighted by Gasteiger charge is 2.36. The number of aryl methyl sites for hydroxylation is 1. The summed E-state index contributed by atoms with van der Waals surface area (Å²) in [5, 5.41) is 19.9. The number of nitro groups is 1. The Morgan fingerprint density at radius 2 is 1.81 bits per heavy atom. The molecule has 0 heterocycles. The summed E-state index contributed by atoms with van der Waals surface area (Å²) in [4.78, 5) is 10.0. The van der Waals surface area contributed by atoms with E-state index in [0.29, 0.717) is 11.6 Å². The molecule has 7 nitrogen and oxygen atoms in total. The molecule has 0 amide bonds. The predicted molar refractivity (Wildman–Crippen MR) is 90.2 cm³/mol. The van der Waals surface area contributed by atoms with E-state index in [-0.39, 0.29) is 6.07 Å². The van der Waals surface area contributed by atoms with Crippen molar-refractivity contribution in [3.8, 4) is 6.07 Å². The number of sulfonamides is 1. The maximum absolute atomic E-state index is 13.1. The lowest BCUT2D eigenvalue weighted by Crippen LogP contribution is -2.17. The van der Waals surface area contributed by atoms with Gasteiger partial charge in [0.2, 0.25) is 10.0 Å². The summed E-state index contributed by atoms with van der Waals surface area (Å²) in [7, 11) is -4.24. The molecule has 11 heteroatoms. The molecule has 27 heavy (non-hydrogen) atoms. The molecule has 0 saturated carbocycles. The molecular weight excluding hydrogens is 387 g/mol. The number of hydrogen-bond acceptors (Lipinski definition) is 5.